The van der Waals surface area contributed by atoms with E-state index in [9.17, 15) is 4.79 Å². The molecule has 5 nitrogen and oxygen atoms in total. The number of morpholine rings is 1. The molecule has 2 rings (SSSR count). The summed E-state index contributed by atoms with van der Waals surface area (Å²) in [4.78, 5) is 14.8. The van der Waals surface area contributed by atoms with E-state index in [0.29, 0.717) is 18.7 Å². The lowest BCUT2D eigenvalue weighted by atomic mass is 9.97. The minimum absolute atomic E-state index is 0.0982. The highest BCUT2D eigenvalue weighted by Gasteiger charge is 2.48. The highest BCUT2D eigenvalue weighted by molar-refractivity contribution is 5.81. The molecule has 0 aromatic heterocycles. The van der Waals surface area contributed by atoms with Gasteiger partial charge in [0.25, 0.3) is 0 Å². The maximum Gasteiger partial charge on any atom is 0.326 e. The van der Waals surface area contributed by atoms with Crippen LogP contribution in [0.3, 0.4) is 0 Å². The molecule has 0 aromatic rings. The molecule has 5 heteroatoms. The van der Waals surface area contributed by atoms with Gasteiger partial charge in [-0.15, -0.1) is 0 Å². The van der Waals surface area contributed by atoms with Gasteiger partial charge >= 0.3 is 5.97 Å². The largest absolute Gasteiger partial charge is 0.465 e. The normalized spacial score (nSPS) is 38.9. The quantitative estimate of drug-likeness (QED) is 0.785. The minimum Gasteiger partial charge on any atom is -0.465 e. The third-order valence-electron chi connectivity index (χ3n) is 4.76. The van der Waals surface area contributed by atoms with Gasteiger partial charge in [-0.05, 0) is 47.1 Å². The number of esters is 1. The van der Waals surface area contributed by atoms with E-state index in [0.717, 1.165) is 32.4 Å². The molecule has 1 aliphatic heterocycles. The third kappa shape index (κ3) is 3.00. The van der Waals surface area contributed by atoms with Gasteiger partial charge in [0.15, 0.2) is 0 Å². The van der Waals surface area contributed by atoms with Crippen LogP contribution in [0.5, 0.6) is 0 Å². The topological polar surface area (TPSA) is 50.8 Å². The highest BCUT2D eigenvalue weighted by Crippen LogP contribution is 2.35. The highest BCUT2D eigenvalue weighted by atomic mass is 16.5. The second-order valence-electron chi connectivity index (χ2n) is 6.14. The fourth-order valence-electron chi connectivity index (χ4n) is 3.52. The van der Waals surface area contributed by atoms with Crippen LogP contribution in [0.25, 0.3) is 0 Å². The van der Waals surface area contributed by atoms with E-state index < -0.39 is 5.54 Å². The van der Waals surface area contributed by atoms with Crippen molar-refractivity contribution in [1.82, 2.24) is 10.2 Å². The average molecular weight is 284 g/mol. The molecular formula is C15H28N2O3. The molecule has 1 aliphatic carbocycles. The first-order valence-electron chi connectivity index (χ1n) is 7.76. The number of ether oxygens (including phenoxy) is 2. The molecule has 0 bridgehead atoms. The number of nitrogens with one attached hydrogen (secondary N) is 1. The average Bonchev–Trinajstić information content (AvgIpc) is 2.87. The molecule has 4 atom stereocenters. The van der Waals surface area contributed by atoms with Crippen molar-refractivity contribution < 1.29 is 14.3 Å². The molecule has 0 aromatic carbocycles. The van der Waals surface area contributed by atoms with Crippen molar-refractivity contribution in [2.75, 3.05) is 26.8 Å². The second-order valence-corrected chi connectivity index (χ2v) is 6.14. The molecular weight excluding hydrogens is 256 g/mol. The molecule has 1 saturated carbocycles. The van der Waals surface area contributed by atoms with Crippen LogP contribution in [-0.4, -0.2) is 61.4 Å². The molecule has 2 aliphatic rings. The van der Waals surface area contributed by atoms with Crippen molar-refractivity contribution >= 4 is 5.97 Å². The monoisotopic (exact) mass is 284 g/mol. The predicted molar refractivity (Wildman–Crippen MR) is 77.6 cm³/mol. The number of rotatable bonds is 4. The van der Waals surface area contributed by atoms with E-state index in [-0.39, 0.29) is 12.1 Å². The summed E-state index contributed by atoms with van der Waals surface area (Å²) in [6.07, 6.45) is 3.00. The standard InChI is InChI=1S/C15H28N2O3/c1-5-19-14(18)15(16-4)7-6-13(8-15)17-9-12(3)20-10-11(17)2/h11-13,16H,5-10H2,1-4H3. The summed E-state index contributed by atoms with van der Waals surface area (Å²) >= 11 is 0. The van der Waals surface area contributed by atoms with Crippen molar-refractivity contribution in [3.8, 4) is 0 Å². The Morgan fingerprint density at radius 3 is 2.90 bits per heavy atom. The summed E-state index contributed by atoms with van der Waals surface area (Å²) in [6, 6.07) is 0.860. The molecule has 0 spiro atoms. The van der Waals surface area contributed by atoms with Crippen LogP contribution in [0.2, 0.25) is 0 Å². The van der Waals surface area contributed by atoms with Gasteiger partial charge in [-0.1, -0.05) is 0 Å². The van der Waals surface area contributed by atoms with E-state index in [1.807, 2.05) is 14.0 Å². The SMILES string of the molecule is CCOC(=O)C1(NC)CCC(N2CC(C)OCC2C)C1. The maximum atomic E-state index is 12.2. The Bertz CT molecular complexity index is 350. The van der Waals surface area contributed by atoms with E-state index in [2.05, 4.69) is 24.1 Å². The number of hydrogen-bond donors (Lipinski definition) is 1. The van der Waals surface area contributed by atoms with Crippen LogP contribution in [-0.2, 0) is 14.3 Å². The fourth-order valence-corrected chi connectivity index (χ4v) is 3.52. The smallest absolute Gasteiger partial charge is 0.326 e. The summed E-state index contributed by atoms with van der Waals surface area (Å²) in [7, 11) is 1.87. The molecule has 1 N–H and O–H groups in total. The zero-order valence-electron chi connectivity index (χ0n) is 13.1. The molecule has 0 amide bonds. The predicted octanol–water partition coefficient (Wildman–Crippen LogP) is 1.17. The first-order chi connectivity index (χ1) is 9.52. The van der Waals surface area contributed by atoms with Crippen molar-refractivity contribution in [2.45, 2.75) is 63.8 Å². The molecule has 20 heavy (non-hydrogen) atoms. The minimum atomic E-state index is -0.498. The van der Waals surface area contributed by atoms with Crippen molar-refractivity contribution in [3.63, 3.8) is 0 Å². The summed E-state index contributed by atoms with van der Waals surface area (Å²) in [5.41, 5.74) is -0.498. The van der Waals surface area contributed by atoms with Crippen LogP contribution in [0.1, 0.15) is 40.0 Å². The van der Waals surface area contributed by atoms with Gasteiger partial charge in [-0.3, -0.25) is 9.69 Å². The van der Waals surface area contributed by atoms with Crippen LogP contribution in [0.15, 0.2) is 0 Å². The Labute approximate surface area is 122 Å². The summed E-state index contributed by atoms with van der Waals surface area (Å²) < 4.78 is 11.0. The van der Waals surface area contributed by atoms with Crippen molar-refractivity contribution in [1.29, 1.82) is 0 Å². The lowest BCUT2D eigenvalue weighted by molar-refractivity contribution is -0.151. The summed E-state index contributed by atoms with van der Waals surface area (Å²) in [5, 5.41) is 3.22. The van der Waals surface area contributed by atoms with E-state index in [1.54, 1.807) is 0 Å². The van der Waals surface area contributed by atoms with E-state index in [4.69, 9.17) is 9.47 Å². The molecule has 4 unspecified atom stereocenters. The van der Waals surface area contributed by atoms with Gasteiger partial charge in [0.1, 0.15) is 5.54 Å². The van der Waals surface area contributed by atoms with Crippen LogP contribution in [0.4, 0.5) is 0 Å². The third-order valence-corrected chi connectivity index (χ3v) is 4.76. The Kier molecular flexibility index (Phi) is 5.04. The molecule has 1 heterocycles. The zero-order chi connectivity index (χ0) is 14.8. The van der Waals surface area contributed by atoms with Crippen molar-refractivity contribution in [3.05, 3.63) is 0 Å². The first-order valence-corrected chi connectivity index (χ1v) is 7.76. The molecule has 116 valence electrons. The zero-order valence-corrected chi connectivity index (χ0v) is 13.1. The van der Waals surface area contributed by atoms with Gasteiger partial charge < -0.3 is 14.8 Å². The van der Waals surface area contributed by atoms with E-state index in [1.165, 1.54) is 0 Å². The van der Waals surface area contributed by atoms with Gasteiger partial charge in [-0.2, -0.15) is 0 Å². The van der Waals surface area contributed by atoms with Gasteiger partial charge in [0.2, 0.25) is 0 Å². The van der Waals surface area contributed by atoms with Crippen LogP contribution in [0, 0.1) is 0 Å². The summed E-state index contributed by atoms with van der Waals surface area (Å²) in [6.45, 7) is 8.36. The Balaban J connectivity index is 2.04. The number of likely N-dealkylation sites (N-methyl/N-ethyl adjacent to an activating group) is 1. The maximum absolute atomic E-state index is 12.2. The Morgan fingerprint density at radius 2 is 2.25 bits per heavy atom. The van der Waals surface area contributed by atoms with Crippen LogP contribution < -0.4 is 5.32 Å². The van der Waals surface area contributed by atoms with Gasteiger partial charge in [0.05, 0.1) is 19.3 Å². The van der Waals surface area contributed by atoms with Gasteiger partial charge in [-0.25, -0.2) is 0 Å². The Morgan fingerprint density at radius 1 is 1.50 bits per heavy atom. The summed E-state index contributed by atoms with van der Waals surface area (Å²) in [5.74, 6) is -0.0982. The van der Waals surface area contributed by atoms with E-state index >= 15 is 0 Å². The second kappa shape index (κ2) is 6.41. The number of nitrogens with zero attached hydrogens (tertiary/aromatic N) is 1. The lowest BCUT2D eigenvalue weighted by Gasteiger charge is -2.41. The number of hydrogen-bond acceptors (Lipinski definition) is 5. The molecule has 0 radical (unpaired) electrons. The van der Waals surface area contributed by atoms with Crippen LogP contribution >= 0.6 is 0 Å². The molecule has 2 fully saturated rings. The number of carbonyl (C=O) groups is 1. The first kappa shape index (κ1) is 15.7. The fraction of sp³-hybridized carbons (Fsp3) is 0.933. The number of carbonyl (C=O) groups excluding carboxylic acids is 1. The van der Waals surface area contributed by atoms with Gasteiger partial charge in [0, 0.05) is 18.6 Å². The van der Waals surface area contributed by atoms with Crippen molar-refractivity contribution in [2.24, 2.45) is 0 Å². The Hall–Kier alpha value is -0.650. The molecule has 1 saturated heterocycles. The lowest BCUT2D eigenvalue weighted by Crippen LogP contribution is -2.54.